The minimum Gasteiger partial charge on any atom is -0.444 e. The van der Waals surface area contributed by atoms with Gasteiger partial charge < -0.3 is 24.8 Å². The third-order valence-electron chi connectivity index (χ3n) is 3.48. The maximum atomic E-state index is 12.3. The van der Waals surface area contributed by atoms with Crippen LogP contribution >= 0.6 is 0 Å². The Balaban J connectivity index is 2.56. The number of carbonyl (C=O) groups is 1. The molecule has 7 heteroatoms. The maximum absolute atomic E-state index is 12.3. The molecule has 1 amide bonds. The number of nitrogens with one attached hydrogen (secondary N) is 2. The summed E-state index contributed by atoms with van der Waals surface area (Å²) in [5.74, 6) is 0.747. The summed E-state index contributed by atoms with van der Waals surface area (Å²) in [5, 5.41) is 6.52. The molecule has 0 aromatic carbocycles. The monoisotopic (exact) mass is 365 g/mol. The van der Waals surface area contributed by atoms with Crippen molar-refractivity contribution in [2.24, 2.45) is 12.0 Å². The second-order valence-corrected chi connectivity index (χ2v) is 7.27. The molecule has 0 aliphatic heterocycles. The number of rotatable bonds is 8. The van der Waals surface area contributed by atoms with Gasteiger partial charge in [-0.2, -0.15) is 0 Å². The molecule has 1 aromatic rings. The van der Waals surface area contributed by atoms with Crippen LogP contribution in [0.4, 0.5) is 4.79 Å². The van der Waals surface area contributed by atoms with Gasteiger partial charge >= 0.3 is 6.09 Å². The first-order chi connectivity index (χ1) is 12.2. The number of guanidine groups is 1. The van der Waals surface area contributed by atoms with Crippen LogP contribution in [0.25, 0.3) is 0 Å². The van der Waals surface area contributed by atoms with Crippen LogP contribution in [0.5, 0.6) is 0 Å². The number of aryl methyl sites for hydroxylation is 1. The highest BCUT2D eigenvalue weighted by Crippen LogP contribution is 2.10. The highest BCUT2D eigenvalue weighted by atomic mass is 16.6. The Labute approximate surface area is 157 Å². The van der Waals surface area contributed by atoms with Gasteiger partial charge in [-0.1, -0.05) is 6.92 Å². The van der Waals surface area contributed by atoms with Crippen molar-refractivity contribution in [3.63, 3.8) is 0 Å². The number of nitrogens with zero attached hydrogens (tertiary/aromatic N) is 3. The van der Waals surface area contributed by atoms with Gasteiger partial charge in [0.15, 0.2) is 5.96 Å². The molecule has 2 N–H and O–H groups in total. The molecule has 0 radical (unpaired) electrons. The van der Waals surface area contributed by atoms with Crippen LogP contribution in [0.1, 0.15) is 46.6 Å². The molecule has 0 fully saturated rings. The van der Waals surface area contributed by atoms with E-state index in [0.717, 1.165) is 24.5 Å². The summed E-state index contributed by atoms with van der Waals surface area (Å²) in [6.07, 6.45) is 4.68. The van der Waals surface area contributed by atoms with E-state index >= 15 is 0 Å². The number of carbonyl (C=O) groups excluding carboxylic acids is 1. The zero-order valence-corrected chi connectivity index (χ0v) is 17.1. The molecule has 0 saturated heterocycles. The molecule has 1 rings (SSSR count). The molecular weight excluding hydrogens is 330 g/mol. The summed E-state index contributed by atoms with van der Waals surface area (Å²) < 4.78 is 7.48. The minimum atomic E-state index is -0.484. The van der Waals surface area contributed by atoms with E-state index in [2.05, 4.69) is 34.8 Å². The molecule has 0 saturated carbocycles. The van der Waals surface area contributed by atoms with E-state index in [4.69, 9.17) is 4.74 Å². The average Bonchev–Trinajstić information content (AvgIpc) is 2.95. The van der Waals surface area contributed by atoms with Gasteiger partial charge in [0.05, 0.1) is 6.54 Å². The maximum Gasteiger partial charge on any atom is 0.410 e. The highest BCUT2D eigenvalue weighted by Gasteiger charge is 2.21. The number of aromatic nitrogens is 1. The van der Waals surface area contributed by atoms with Gasteiger partial charge in [-0.3, -0.25) is 0 Å². The van der Waals surface area contributed by atoms with Crippen molar-refractivity contribution in [3.05, 3.63) is 24.0 Å². The molecule has 0 aliphatic carbocycles. The fraction of sp³-hybridized carbons (Fsp3) is 0.684. The van der Waals surface area contributed by atoms with Crippen molar-refractivity contribution in [1.82, 2.24) is 20.1 Å². The average molecular weight is 366 g/mol. The Morgan fingerprint density at radius 3 is 2.54 bits per heavy atom. The SMILES string of the molecule is CCCN(CCNC(=NCc1ccn(C)c1)NCC)C(=O)OC(C)(C)C. The van der Waals surface area contributed by atoms with E-state index in [1.807, 2.05) is 45.5 Å². The zero-order chi connectivity index (χ0) is 19.6. The van der Waals surface area contributed by atoms with Crippen LogP contribution in [0.2, 0.25) is 0 Å². The Morgan fingerprint density at radius 2 is 2.00 bits per heavy atom. The molecule has 1 aromatic heterocycles. The highest BCUT2D eigenvalue weighted by molar-refractivity contribution is 5.79. The van der Waals surface area contributed by atoms with Crippen LogP contribution < -0.4 is 10.6 Å². The Kier molecular flexibility index (Phi) is 9.02. The number of hydrogen-bond acceptors (Lipinski definition) is 3. The van der Waals surface area contributed by atoms with Crippen LogP contribution in [-0.2, 0) is 18.3 Å². The standard InChI is InChI=1S/C19H35N5O2/c1-7-11-24(18(25)26-19(3,4)5)13-10-21-17(20-8-2)22-14-16-9-12-23(6)15-16/h9,12,15H,7-8,10-11,13-14H2,1-6H3,(H2,20,21,22). The quantitative estimate of drug-likeness (QED) is 0.549. The smallest absolute Gasteiger partial charge is 0.410 e. The Hall–Kier alpha value is -2.18. The van der Waals surface area contributed by atoms with Gasteiger partial charge in [-0.05, 0) is 45.7 Å². The normalized spacial score (nSPS) is 12.0. The lowest BCUT2D eigenvalue weighted by Crippen LogP contribution is -2.44. The molecule has 1 heterocycles. The van der Waals surface area contributed by atoms with E-state index in [1.54, 1.807) is 4.90 Å². The lowest BCUT2D eigenvalue weighted by Gasteiger charge is -2.27. The summed E-state index contributed by atoms with van der Waals surface area (Å²) in [4.78, 5) is 18.6. The summed E-state index contributed by atoms with van der Waals surface area (Å²) >= 11 is 0. The summed E-state index contributed by atoms with van der Waals surface area (Å²) in [6, 6.07) is 2.05. The van der Waals surface area contributed by atoms with E-state index in [-0.39, 0.29) is 6.09 Å². The fourth-order valence-electron chi connectivity index (χ4n) is 2.37. The van der Waals surface area contributed by atoms with Crippen LogP contribution in [0, 0.1) is 0 Å². The molecule has 0 spiro atoms. The number of aliphatic imine (C=N–C) groups is 1. The number of amides is 1. The lowest BCUT2D eigenvalue weighted by atomic mass is 10.2. The van der Waals surface area contributed by atoms with Gasteiger partial charge in [0, 0.05) is 45.6 Å². The predicted molar refractivity (Wildman–Crippen MR) is 106 cm³/mol. The Morgan fingerprint density at radius 1 is 1.27 bits per heavy atom. The lowest BCUT2D eigenvalue weighted by molar-refractivity contribution is 0.0253. The molecule has 0 aliphatic rings. The summed E-state index contributed by atoms with van der Waals surface area (Å²) in [5.41, 5.74) is 0.675. The largest absolute Gasteiger partial charge is 0.444 e. The molecule has 0 unspecified atom stereocenters. The molecule has 0 bridgehead atoms. The van der Waals surface area contributed by atoms with Gasteiger partial charge in [0.25, 0.3) is 0 Å². The second kappa shape index (κ2) is 10.7. The second-order valence-electron chi connectivity index (χ2n) is 7.27. The van der Waals surface area contributed by atoms with Crippen LogP contribution in [-0.4, -0.2) is 53.3 Å². The van der Waals surface area contributed by atoms with Crippen molar-refractivity contribution in [1.29, 1.82) is 0 Å². The van der Waals surface area contributed by atoms with E-state index in [1.165, 1.54) is 0 Å². The molecular formula is C19H35N5O2. The predicted octanol–water partition coefficient (Wildman–Crippen LogP) is 2.73. The van der Waals surface area contributed by atoms with Crippen molar-refractivity contribution in [2.75, 3.05) is 26.2 Å². The topological polar surface area (TPSA) is 70.9 Å². The van der Waals surface area contributed by atoms with Gasteiger partial charge in [-0.25, -0.2) is 9.79 Å². The number of ether oxygens (including phenoxy) is 1. The van der Waals surface area contributed by atoms with Gasteiger partial charge in [0.1, 0.15) is 5.60 Å². The number of hydrogen-bond donors (Lipinski definition) is 2. The molecule has 26 heavy (non-hydrogen) atoms. The molecule has 0 atom stereocenters. The third-order valence-corrected chi connectivity index (χ3v) is 3.48. The van der Waals surface area contributed by atoms with Gasteiger partial charge in [0.2, 0.25) is 0 Å². The molecule has 148 valence electrons. The first-order valence-corrected chi connectivity index (χ1v) is 9.36. The third kappa shape index (κ3) is 8.78. The fourth-order valence-corrected chi connectivity index (χ4v) is 2.37. The van der Waals surface area contributed by atoms with Crippen LogP contribution in [0.15, 0.2) is 23.5 Å². The van der Waals surface area contributed by atoms with Crippen LogP contribution in [0.3, 0.4) is 0 Å². The minimum absolute atomic E-state index is 0.271. The zero-order valence-electron chi connectivity index (χ0n) is 17.1. The summed E-state index contributed by atoms with van der Waals surface area (Å²) in [7, 11) is 2.00. The Bertz CT molecular complexity index is 575. The molecule has 7 nitrogen and oxygen atoms in total. The summed E-state index contributed by atoms with van der Waals surface area (Å²) in [6.45, 7) is 13.0. The first-order valence-electron chi connectivity index (χ1n) is 9.36. The van der Waals surface area contributed by atoms with Crippen molar-refractivity contribution < 1.29 is 9.53 Å². The van der Waals surface area contributed by atoms with Crippen molar-refractivity contribution in [2.45, 2.75) is 53.2 Å². The van der Waals surface area contributed by atoms with E-state index in [9.17, 15) is 4.79 Å². The first kappa shape index (κ1) is 21.9. The van der Waals surface area contributed by atoms with Gasteiger partial charge in [-0.15, -0.1) is 0 Å². The van der Waals surface area contributed by atoms with Crippen molar-refractivity contribution in [3.8, 4) is 0 Å². The van der Waals surface area contributed by atoms with E-state index in [0.29, 0.717) is 26.2 Å². The van der Waals surface area contributed by atoms with E-state index < -0.39 is 5.60 Å². The van der Waals surface area contributed by atoms with Crippen molar-refractivity contribution >= 4 is 12.1 Å².